The molecule has 2 rings (SSSR count). The normalized spacial score (nSPS) is 19.2. The van der Waals surface area contributed by atoms with Crippen molar-refractivity contribution in [3.63, 3.8) is 0 Å². The van der Waals surface area contributed by atoms with Crippen LogP contribution in [0.1, 0.15) is 19.3 Å². The summed E-state index contributed by atoms with van der Waals surface area (Å²) in [5, 5.41) is 11.8. The molecule has 4 N–H and O–H groups in total. The van der Waals surface area contributed by atoms with Crippen LogP contribution in [-0.4, -0.2) is 60.1 Å². The van der Waals surface area contributed by atoms with Crippen LogP contribution < -0.4 is 15.8 Å². The predicted molar refractivity (Wildman–Crippen MR) is 94.5 cm³/mol. The number of nitrogens with two attached hydrogens (primary N) is 1. The van der Waals surface area contributed by atoms with E-state index >= 15 is 0 Å². The molecule has 0 bridgehead atoms. The van der Waals surface area contributed by atoms with Gasteiger partial charge in [0.15, 0.2) is 0 Å². The number of para-hydroxylation sites is 1. The van der Waals surface area contributed by atoms with Gasteiger partial charge in [0.05, 0.1) is 13.2 Å². The van der Waals surface area contributed by atoms with Crippen molar-refractivity contribution in [1.82, 2.24) is 10.2 Å². The predicted octanol–water partition coefficient (Wildman–Crippen LogP) is 0.222. The second-order valence-electron chi connectivity index (χ2n) is 6.28. The first-order valence-electron chi connectivity index (χ1n) is 8.68. The smallest absolute Gasteiger partial charge is 0.326 e. The summed E-state index contributed by atoms with van der Waals surface area (Å²) in [6.45, 7) is 0.838. The molecule has 1 aromatic rings. The molecule has 8 nitrogen and oxygen atoms in total. The van der Waals surface area contributed by atoms with E-state index in [-0.39, 0.29) is 24.8 Å². The maximum absolute atomic E-state index is 12.2. The molecule has 1 aliphatic rings. The number of aliphatic carboxylic acids is 1. The Morgan fingerprint density at radius 1 is 1.27 bits per heavy atom. The Bertz CT molecular complexity index is 623. The van der Waals surface area contributed by atoms with Gasteiger partial charge in [0, 0.05) is 13.0 Å². The number of rotatable bonds is 9. The van der Waals surface area contributed by atoms with Crippen molar-refractivity contribution >= 4 is 17.8 Å². The second-order valence-corrected chi connectivity index (χ2v) is 6.28. The number of carboxylic acids is 1. The lowest BCUT2D eigenvalue weighted by molar-refractivity contribution is -0.148. The first kappa shape index (κ1) is 19.7. The van der Waals surface area contributed by atoms with E-state index in [0.29, 0.717) is 32.5 Å². The summed E-state index contributed by atoms with van der Waals surface area (Å²) in [5.41, 5.74) is 5.58. The molecule has 26 heavy (non-hydrogen) atoms. The molecule has 1 saturated heterocycles. The summed E-state index contributed by atoms with van der Waals surface area (Å²) in [6, 6.07) is 8.43. The number of nitrogens with one attached hydrogen (secondary N) is 1. The Kier molecular flexibility index (Phi) is 7.40. The van der Waals surface area contributed by atoms with Crippen LogP contribution in [0.3, 0.4) is 0 Å². The van der Waals surface area contributed by atoms with Gasteiger partial charge in [-0.25, -0.2) is 4.79 Å². The number of amides is 2. The van der Waals surface area contributed by atoms with Gasteiger partial charge in [0.25, 0.3) is 0 Å². The number of nitrogens with zero attached hydrogens (tertiary/aromatic N) is 1. The van der Waals surface area contributed by atoms with E-state index in [2.05, 4.69) is 5.32 Å². The Hall–Kier alpha value is -2.61. The van der Waals surface area contributed by atoms with Crippen molar-refractivity contribution < 1.29 is 24.2 Å². The first-order chi connectivity index (χ1) is 12.5. The van der Waals surface area contributed by atoms with Crippen molar-refractivity contribution in [1.29, 1.82) is 0 Å². The van der Waals surface area contributed by atoms with E-state index in [0.717, 1.165) is 5.75 Å². The van der Waals surface area contributed by atoms with E-state index in [4.69, 9.17) is 10.5 Å². The van der Waals surface area contributed by atoms with Gasteiger partial charge in [-0.3, -0.25) is 9.59 Å². The molecule has 1 heterocycles. The van der Waals surface area contributed by atoms with Crippen molar-refractivity contribution in [2.24, 2.45) is 11.7 Å². The average Bonchev–Trinajstić information content (AvgIpc) is 3.09. The van der Waals surface area contributed by atoms with Gasteiger partial charge in [-0.1, -0.05) is 18.2 Å². The molecule has 142 valence electrons. The number of likely N-dealkylation sites (tertiary alicyclic amines) is 1. The molecule has 2 atom stereocenters. The zero-order valence-electron chi connectivity index (χ0n) is 14.6. The van der Waals surface area contributed by atoms with Gasteiger partial charge in [-0.2, -0.15) is 0 Å². The summed E-state index contributed by atoms with van der Waals surface area (Å²) in [4.78, 5) is 36.6. The number of carboxylic acid groups (broad SMARTS) is 1. The van der Waals surface area contributed by atoms with E-state index in [1.54, 1.807) is 0 Å². The van der Waals surface area contributed by atoms with Crippen LogP contribution in [0, 0.1) is 5.92 Å². The zero-order valence-corrected chi connectivity index (χ0v) is 14.6. The van der Waals surface area contributed by atoms with E-state index in [1.165, 1.54) is 4.90 Å². The summed E-state index contributed by atoms with van der Waals surface area (Å²) < 4.78 is 5.50. The van der Waals surface area contributed by atoms with Crippen LogP contribution in [0.25, 0.3) is 0 Å². The van der Waals surface area contributed by atoms with Crippen LogP contribution in [0.15, 0.2) is 30.3 Å². The molecule has 2 unspecified atom stereocenters. The van der Waals surface area contributed by atoms with Crippen molar-refractivity contribution in [3.8, 4) is 5.75 Å². The molecule has 0 aliphatic carbocycles. The van der Waals surface area contributed by atoms with Gasteiger partial charge in [-0.15, -0.1) is 0 Å². The minimum absolute atomic E-state index is 0.0223. The van der Waals surface area contributed by atoms with Gasteiger partial charge in [0.2, 0.25) is 11.8 Å². The molecule has 0 aromatic heterocycles. The van der Waals surface area contributed by atoms with Gasteiger partial charge >= 0.3 is 5.97 Å². The fraction of sp³-hybridized carbons (Fsp3) is 0.500. The Balaban J connectivity index is 1.67. The third-order valence-corrected chi connectivity index (χ3v) is 4.32. The summed E-state index contributed by atoms with van der Waals surface area (Å²) in [5.74, 6) is -0.991. The third kappa shape index (κ3) is 5.73. The van der Waals surface area contributed by atoms with Crippen molar-refractivity contribution in [3.05, 3.63) is 30.3 Å². The van der Waals surface area contributed by atoms with Gasteiger partial charge in [-0.05, 0) is 37.4 Å². The van der Waals surface area contributed by atoms with Crippen LogP contribution >= 0.6 is 0 Å². The second kappa shape index (κ2) is 9.76. The molecule has 1 aliphatic heterocycles. The van der Waals surface area contributed by atoms with Crippen molar-refractivity contribution in [2.75, 3.05) is 26.2 Å². The minimum atomic E-state index is -1.04. The largest absolute Gasteiger partial charge is 0.494 e. The van der Waals surface area contributed by atoms with Crippen LogP contribution in [-0.2, 0) is 14.4 Å². The lowest BCUT2D eigenvalue weighted by atomic mass is 10.1. The van der Waals surface area contributed by atoms with E-state index in [1.807, 2.05) is 30.3 Å². The molecular weight excluding hydrogens is 338 g/mol. The highest BCUT2D eigenvalue weighted by Gasteiger charge is 2.38. The van der Waals surface area contributed by atoms with Crippen molar-refractivity contribution in [2.45, 2.75) is 25.3 Å². The molecule has 1 fully saturated rings. The quantitative estimate of drug-likeness (QED) is 0.540. The monoisotopic (exact) mass is 363 g/mol. The lowest BCUT2D eigenvalue weighted by Crippen LogP contribution is -2.45. The third-order valence-electron chi connectivity index (χ3n) is 4.32. The van der Waals surface area contributed by atoms with Gasteiger partial charge in [0.1, 0.15) is 11.8 Å². The van der Waals surface area contributed by atoms with Crippen LogP contribution in [0.5, 0.6) is 5.75 Å². The molecule has 2 amide bonds. The molecule has 8 heteroatoms. The maximum Gasteiger partial charge on any atom is 0.326 e. The summed E-state index contributed by atoms with van der Waals surface area (Å²) in [7, 11) is 0. The first-order valence-corrected chi connectivity index (χ1v) is 8.68. The van der Waals surface area contributed by atoms with Crippen LogP contribution in [0.4, 0.5) is 0 Å². The summed E-state index contributed by atoms with van der Waals surface area (Å²) >= 11 is 0. The summed E-state index contributed by atoms with van der Waals surface area (Å²) in [6.07, 6.45) is 1.10. The zero-order chi connectivity index (χ0) is 18.9. The van der Waals surface area contributed by atoms with Crippen LogP contribution in [0.2, 0.25) is 0 Å². The molecular formula is C18H25N3O5. The number of hydrogen-bond acceptors (Lipinski definition) is 5. The lowest BCUT2D eigenvalue weighted by Gasteiger charge is -2.21. The number of benzene rings is 1. The number of carbonyl (C=O) groups excluding carboxylic acids is 2. The molecule has 0 radical (unpaired) electrons. The maximum atomic E-state index is 12.2. The topological polar surface area (TPSA) is 122 Å². The Morgan fingerprint density at radius 3 is 2.65 bits per heavy atom. The van der Waals surface area contributed by atoms with Gasteiger partial charge < -0.3 is 25.8 Å². The number of carbonyl (C=O) groups is 3. The standard InChI is InChI=1S/C18H25N3O5/c19-10-13-9-15(18(24)25)21(12-13)17(23)11-20-16(22)7-4-8-26-14-5-2-1-3-6-14/h1-3,5-6,13,15H,4,7-12,19H2,(H,20,22)(H,24,25). The highest BCUT2D eigenvalue weighted by molar-refractivity contribution is 5.88. The highest BCUT2D eigenvalue weighted by Crippen LogP contribution is 2.22. The average molecular weight is 363 g/mol. The number of ether oxygens (including phenoxy) is 1. The highest BCUT2D eigenvalue weighted by atomic mass is 16.5. The fourth-order valence-electron chi connectivity index (χ4n) is 2.91. The Morgan fingerprint density at radius 2 is 2.00 bits per heavy atom. The number of hydrogen-bond donors (Lipinski definition) is 3. The van der Waals surface area contributed by atoms with E-state index < -0.39 is 17.9 Å². The minimum Gasteiger partial charge on any atom is -0.494 e. The SMILES string of the molecule is NCC1CC(C(=O)O)N(C(=O)CNC(=O)CCCOc2ccccc2)C1. The fourth-order valence-corrected chi connectivity index (χ4v) is 2.91. The van der Waals surface area contributed by atoms with E-state index in [9.17, 15) is 19.5 Å². The molecule has 1 aromatic carbocycles. The molecule has 0 spiro atoms. The Labute approximate surface area is 152 Å². The molecule has 0 saturated carbocycles.